The van der Waals surface area contributed by atoms with Gasteiger partial charge in [0.15, 0.2) is 0 Å². The van der Waals surface area contributed by atoms with E-state index in [1.54, 1.807) is 0 Å². The fourth-order valence-corrected chi connectivity index (χ4v) is 5.22. The van der Waals surface area contributed by atoms with Gasteiger partial charge in [0.25, 0.3) is 0 Å². The molecule has 0 aromatic heterocycles. The van der Waals surface area contributed by atoms with E-state index in [4.69, 9.17) is 4.74 Å². The van der Waals surface area contributed by atoms with Gasteiger partial charge in [-0.1, -0.05) is 51.1 Å². The largest absolute Gasteiger partial charge is 0.457 e. The highest BCUT2D eigenvalue weighted by molar-refractivity contribution is 6.00. The normalized spacial score (nSPS) is 20.6. The Morgan fingerprint density at radius 2 is 1.74 bits per heavy atom. The van der Waals surface area contributed by atoms with Crippen molar-refractivity contribution >= 4 is 11.8 Å². The van der Waals surface area contributed by atoms with E-state index >= 15 is 0 Å². The molecule has 1 N–H and O–H groups in total. The molecule has 2 aromatic carbocycles. The van der Waals surface area contributed by atoms with Gasteiger partial charge < -0.3 is 15.0 Å². The van der Waals surface area contributed by atoms with Gasteiger partial charge in [-0.05, 0) is 61.4 Å². The van der Waals surface area contributed by atoms with Gasteiger partial charge in [0.05, 0.1) is 0 Å². The molecule has 0 radical (unpaired) electrons. The lowest BCUT2D eigenvalue weighted by Gasteiger charge is -2.52. The maximum atomic E-state index is 13.3. The van der Waals surface area contributed by atoms with Crippen LogP contribution in [0.4, 0.5) is 0 Å². The van der Waals surface area contributed by atoms with Gasteiger partial charge >= 0.3 is 0 Å². The number of rotatable bonds is 8. The zero-order chi connectivity index (χ0) is 24.1. The highest BCUT2D eigenvalue weighted by atomic mass is 16.5. The zero-order valence-electron chi connectivity index (χ0n) is 20.6. The first-order valence-electron chi connectivity index (χ1n) is 12.6. The smallest absolute Gasteiger partial charge is 0.246 e. The van der Waals surface area contributed by atoms with Gasteiger partial charge in [-0.3, -0.25) is 14.5 Å². The number of carbonyl (C=O) groups excluding carboxylic acids is 2. The van der Waals surface area contributed by atoms with Crippen LogP contribution in [0, 0.1) is 5.92 Å². The summed E-state index contributed by atoms with van der Waals surface area (Å²) >= 11 is 0. The van der Waals surface area contributed by atoms with Gasteiger partial charge in [0, 0.05) is 26.2 Å². The first kappa shape index (κ1) is 24.3. The van der Waals surface area contributed by atoms with Gasteiger partial charge in [-0.25, -0.2) is 0 Å². The van der Waals surface area contributed by atoms with Crippen LogP contribution in [0.2, 0.25) is 0 Å². The molecule has 1 unspecified atom stereocenters. The molecule has 2 heterocycles. The van der Waals surface area contributed by atoms with Crippen molar-refractivity contribution in [2.75, 3.05) is 19.6 Å². The van der Waals surface area contributed by atoms with Gasteiger partial charge in [-0.2, -0.15) is 0 Å². The molecule has 2 amide bonds. The average molecular weight is 464 g/mol. The second-order valence-electron chi connectivity index (χ2n) is 10.0. The number of benzene rings is 2. The maximum Gasteiger partial charge on any atom is 0.246 e. The SMILES string of the molecule is CCCN1C(=O)C(CC(C)C)NC(=O)C12CCN(Cc1cccc(Oc3ccccc3)c1)CC2. The summed E-state index contributed by atoms with van der Waals surface area (Å²) in [6.45, 7) is 9.24. The number of nitrogens with zero attached hydrogens (tertiary/aromatic N) is 2. The molecule has 182 valence electrons. The van der Waals surface area contributed by atoms with Crippen LogP contribution in [-0.2, 0) is 16.1 Å². The predicted octanol–water partition coefficient (Wildman–Crippen LogP) is 4.60. The number of nitrogens with one attached hydrogen (secondary N) is 1. The third-order valence-electron chi connectivity index (χ3n) is 6.93. The standard InChI is InChI=1S/C28H37N3O3/c1-4-15-31-26(32)25(18-21(2)3)29-27(33)28(31)13-16-30(17-14-28)20-22-9-8-12-24(19-22)34-23-10-6-5-7-11-23/h5-12,19,21,25H,4,13-18,20H2,1-3H3,(H,29,33). The quantitative estimate of drug-likeness (QED) is 0.622. The molecule has 0 bridgehead atoms. The Bertz CT molecular complexity index is 983. The Kier molecular flexibility index (Phi) is 7.57. The van der Waals surface area contributed by atoms with E-state index in [2.05, 4.69) is 43.1 Å². The number of amides is 2. The number of hydrogen-bond donors (Lipinski definition) is 1. The van der Waals surface area contributed by atoms with Gasteiger partial charge in [0.2, 0.25) is 11.8 Å². The lowest BCUT2D eigenvalue weighted by atomic mass is 9.80. The van der Waals surface area contributed by atoms with Gasteiger partial charge in [-0.15, -0.1) is 0 Å². The first-order chi connectivity index (χ1) is 16.4. The van der Waals surface area contributed by atoms with E-state index in [-0.39, 0.29) is 11.8 Å². The number of hydrogen-bond acceptors (Lipinski definition) is 4. The molecular weight excluding hydrogens is 426 g/mol. The van der Waals surface area contributed by atoms with Crippen molar-refractivity contribution in [2.45, 2.75) is 64.6 Å². The van der Waals surface area contributed by atoms with Crippen LogP contribution in [0.25, 0.3) is 0 Å². The van der Waals surface area contributed by atoms with E-state index in [9.17, 15) is 9.59 Å². The minimum atomic E-state index is -0.713. The molecule has 34 heavy (non-hydrogen) atoms. The van der Waals surface area contributed by atoms with E-state index in [0.29, 0.717) is 31.7 Å². The fourth-order valence-electron chi connectivity index (χ4n) is 5.22. The molecule has 2 aliphatic rings. The second kappa shape index (κ2) is 10.6. The highest BCUT2D eigenvalue weighted by Gasteiger charge is 2.53. The number of carbonyl (C=O) groups is 2. The molecule has 2 aliphatic heterocycles. The average Bonchev–Trinajstić information content (AvgIpc) is 2.82. The Balaban J connectivity index is 1.41. The summed E-state index contributed by atoms with van der Waals surface area (Å²) in [5.41, 5.74) is 0.464. The van der Waals surface area contributed by atoms with Crippen LogP contribution >= 0.6 is 0 Å². The van der Waals surface area contributed by atoms with Crippen molar-refractivity contribution in [1.82, 2.24) is 15.1 Å². The molecule has 0 saturated carbocycles. The summed E-state index contributed by atoms with van der Waals surface area (Å²) < 4.78 is 5.99. The minimum absolute atomic E-state index is 0.0316. The molecule has 1 atom stereocenters. The summed E-state index contributed by atoms with van der Waals surface area (Å²) in [6, 6.07) is 17.6. The molecule has 2 saturated heterocycles. The molecule has 2 aromatic rings. The number of piperazine rings is 1. The van der Waals surface area contributed by atoms with E-state index < -0.39 is 11.6 Å². The number of ether oxygens (including phenoxy) is 1. The summed E-state index contributed by atoms with van der Waals surface area (Å²) in [5.74, 6) is 2.12. The molecule has 4 rings (SSSR count). The minimum Gasteiger partial charge on any atom is -0.457 e. The zero-order valence-corrected chi connectivity index (χ0v) is 20.6. The Morgan fingerprint density at radius 1 is 1.03 bits per heavy atom. The van der Waals surface area contributed by atoms with E-state index in [1.807, 2.05) is 47.4 Å². The van der Waals surface area contributed by atoms with Crippen molar-refractivity contribution in [3.63, 3.8) is 0 Å². The molecule has 2 fully saturated rings. The van der Waals surface area contributed by atoms with Crippen LogP contribution < -0.4 is 10.1 Å². The highest BCUT2D eigenvalue weighted by Crippen LogP contribution is 2.34. The molecule has 1 spiro atoms. The lowest BCUT2D eigenvalue weighted by Crippen LogP contribution is -2.73. The Morgan fingerprint density at radius 3 is 2.41 bits per heavy atom. The third kappa shape index (κ3) is 5.27. The number of piperidine rings is 1. The Hall–Kier alpha value is -2.86. The molecule has 6 heteroatoms. The third-order valence-corrected chi connectivity index (χ3v) is 6.93. The summed E-state index contributed by atoms with van der Waals surface area (Å²) in [7, 11) is 0. The van der Waals surface area contributed by atoms with Crippen LogP contribution in [0.5, 0.6) is 11.5 Å². The van der Waals surface area contributed by atoms with Crippen LogP contribution in [-0.4, -0.2) is 52.8 Å². The first-order valence-corrected chi connectivity index (χ1v) is 12.6. The summed E-state index contributed by atoms with van der Waals surface area (Å²) in [4.78, 5) is 30.9. The summed E-state index contributed by atoms with van der Waals surface area (Å²) in [5, 5.41) is 3.08. The van der Waals surface area contributed by atoms with Crippen molar-refractivity contribution in [3.05, 3.63) is 60.2 Å². The van der Waals surface area contributed by atoms with E-state index in [1.165, 1.54) is 5.56 Å². The predicted molar refractivity (Wildman–Crippen MR) is 134 cm³/mol. The van der Waals surface area contributed by atoms with Crippen molar-refractivity contribution in [1.29, 1.82) is 0 Å². The van der Waals surface area contributed by atoms with Crippen LogP contribution in [0.15, 0.2) is 54.6 Å². The van der Waals surface area contributed by atoms with Gasteiger partial charge in [0.1, 0.15) is 23.1 Å². The van der Waals surface area contributed by atoms with Crippen molar-refractivity contribution < 1.29 is 14.3 Å². The van der Waals surface area contributed by atoms with Crippen molar-refractivity contribution in [3.8, 4) is 11.5 Å². The summed E-state index contributed by atoms with van der Waals surface area (Å²) in [6.07, 6.45) is 2.87. The Labute approximate surface area is 203 Å². The molecule has 0 aliphatic carbocycles. The molecule has 6 nitrogen and oxygen atoms in total. The lowest BCUT2D eigenvalue weighted by molar-refractivity contribution is -0.161. The maximum absolute atomic E-state index is 13.3. The number of likely N-dealkylation sites (tertiary alicyclic amines) is 1. The van der Waals surface area contributed by atoms with Crippen LogP contribution in [0.3, 0.4) is 0 Å². The molecular formula is C28H37N3O3. The van der Waals surface area contributed by atoms with Crippen LogP contribution in [0.1, 0.15) is 52.0 Å². The topological polar surface area (TPSA) is 61.9 Å². The van der Waals surface area contributed by atoms with E-state index in [0.717, 1.165) is 37.6 Å². The van der Waals surface area contributed by atoms with Crippen molar-refractivity contribution in [2.24, 2.45) is 5.92 Å². The number of para-hydroxylation sites is 1. The second-order valence-corrected chi connectivity index (χ2v) is 10.0. The monoisotopic (exact) mass is 463 g/mol. The fraction of sp³-hybridized carbons (Fsp3) is 0.500.